The summed E-state index contributed by atoms with van der Waals surface area (Å²) in [5.41, 5.74) is -0.217. The summed E-state index contributed by atoms with van der Waals surface area (Å²) in [4.78, 5) is 2.31. The summed E-state index contributed by atoms with van der Waals surface area (Å²) >= 11 is 0. The predicted molar refractivity (Wildman–Crippen MR) is 101 cm³/mol. The highest BCUT2D eigenvalue weighted by Crippen LogP contribution is 2.40. The van der Waals surface area contributed by atoms with Crippen LogP contribution in [0.5, 0.6) is 11.5 Å². The lowest BCUT2D eigenvalue weighted by molar-refractivity contribution is -0.0981. The molecule has 1 fully saturated rings. The molecule has 0 bridgehead atoms. The normalized spacial score (nSPS) is 27.8. The fraction of sp³-hybridized carbons (Fsp3) is 0.455. The quantitative estimate of drug-likeness (QED) is 0.888. The number of aliphatic hydroxyl groups is 1. The van der Waals surface area contributed by atoms with E-state index in [1.807, 2.05) is 31.2 Å². The lowest BCUT2D eigenvalue weighted by Crippen LogP contribution is -2.54. The average molecular weight is 371 g/mol. The Balaban J connectivity index is 1.44. The highest BCUT2D eigenvalue weighted by Gasteiger charge is 2.41. The minimum absolute atomic E-state index is 0.103. The van der Waals surface area contributed by atoms with Gasteiger partial charge in [0.25, 0.3) is 0 Å². The van der Waals surface area contributed by atoms with Crippen molar-refractivity contribution >= 4 is 0 Å². The first kappa shape index (κ1) is 18.3. The molecule has 2 aromatic carbocycles. The number of halogens is 1. The van der Waals surface area contributed by atoms with Crippen LogP contribution in [0.15, 0.2) is 48.5 Å². The molecule has 1 saturated heterocycles. The molecule has 0 aliphatic carbocycles. The Hall–Kier alpha value is -2.11. The number of hydrogen-bond acceptors (Lipinski definition) is 4. The number of rotatable bonds is 3. The fourth-order valence-corrected chi connectivity index (χ4v) is 4.32. The van der Waals surface area contributed by atoms with Gasteiger partial charge in [-0.2, -0.15) is 0 Å². The molecule has 2 aliphatic rings. The fourth-order valence-electron chi connectivity index (χ4n) is 4.32. The van der Waals surface area contributed by atoms with Crippen molar-refractivity contribution in [1.29, 1.82) is 0 Å². The van der Waals surface area contributed by atoms with Gasteiger partial charge in [0.05, 0.1) is 5.60 Å². The molecule has 0 amide bonds. The SMILES string of the molecule is CC1CC(C(C)(O)c2ccc(F)cc2)CCN1C1COc2ccccc2O1. The summed E-state index contributed by atoms with van der Waals surface area (Å²) < 4.78 is 25.2. The van der Waals surface area contributed by atoms with Crippen molar-refractivity contribution in [2.24, 2.45) is 5.92 Å². The number of likely N-dealkylation sites (tertiary alicyclic amines) is 1. The van der Waals surface area contributed by atoms with Crippen molar-refractivity contribution in [3.05, 3.63) is 59.9 Å². The molecule has 0 aromatic heterocycles. The molecule has 1 N–H and O–H groups in total. The van der Waals surface area contributed by atoms with E-state index in [0.29, 0.717) is 6.61 Å². The number of para-hydroxylation sites is 2. The Morgan fingerprint density at radius 3 is 2.52 bits per heavy atom. The van der Waals surface area contributed by atoms with Crippen LogP contribution in [0.1, 0.15) is 32.3 Å². The molecule has 0 radical (unpaired) electrons. The Bertz CT molecular complexity index is 792. The third kappa shape index (κ3) is 3.54. The van der Waals surface area contributed by atoms with Gasteiger partial charge in [0.2, 0.25) is 0 Å². The van der Waals surface area contributed by atoms with Gasteiger partial charge >= 0.3 is 0 Å². The van der Waals surface area contributed by atoms with Crippen molar-refractivity contribution in [3.63, 3.8) is 0 Å². The van der Waals surface area contributed by atoms with Gasteiger partial charge in [-0.1, -0.05) is 24.3 Å². The van der Waals surface area contributed by atoms with Gasteiger partial charge in [-0.25, -0.2) is 4.39 Å². The van der Waals surface area contributed by atoms with Crippen molar-refractivity contribution in [2.75, 3.05) is 13.2 Å². The zero-order valence-electron chi connectivity index (χ0n) is 15.8. The third-order valence-corrected chi connectivity index (χ3v) is 6.01. The molecule has 0 saturated carbocycles. The molecular weight excluding hydrogens is 345 g/mol. The Morgan fingerprint density at radius 1 is 1.11 bits per heavy atom. The van der Waals surface area contributed by atoms with Crippen LogP contribution >= 0.6 is 0 Å². The zero-order chi connectivity index (χ0) is 19.0. The topological polar surface area (TPSA) is 41.9 Å². The summed E-state index contributed by atoms with van der Waals surface area (Å²) in [6.07, 6.45) is 1.56. The summed E-state index contributed by atoms with van der Waals surface area (Å²) in [6.45, 7) is 5.32. The van der Waals surface area contributed by atoms with Crippen molar-refractivity contribution < 1.29 is 19.0 Å². The van der Waals surface area contributed by atoms with E-state index in [4.69, 9.17) is 9.47 Å². The zero-order valence-corrected chi connectivity index (χ0v) is 15.8. The largest absolute Gasteiger partial charge is 0.484 e. The average Bonchev–Trinajstić information content (AvgIpc) is 2.68. The second kappa shape index (κ2) is 7.13. The van der Waals surface area contributed by atoms with Crippen molar-refractivity contribution in [1.82, 2.24) is 4.90 Å². The lowest BCUT2D eigenvalue weighted by Gasteiger charge is -2.46. The number of fused-ring (bicyclic) bond motifs is 1. The molecule has 4 atom stereocenters. The van der Waals surface area contributed by atoms with Crippen LogP contribution in [0, 0.1) is 11.7 Å². The summed E-state index contributed by atoms with van der Waals surface area (Å²) in [5.74, 6) is 1.38. The second-order valence-electron chi connectivity index (χ2n) is 7.79. The summed E-state index contributed by atoms with van der Waals surface area (Å²) in [6, 6.07) is 14.2. The van der Waals surface area contributed by atoms with Crippen molar-refractivity contribution in [2.45, 2.75) is 44.6 Å². The predicted octanol–water partition coefficient (Wildman–Crippen LogP) is 3.93. The minimum atomic E-state index is -0.982. The number of piperidine rings is 1. The van der Waals surface area contributed by atoms with Crippen LogP contribution in [0.3, 0.4) is 0 Å². The smallest absolute Gasteiger partial charge is 0.187 e. The number of ether oxygens (including phenoxy) is 2. The van der Waals surface area contributed by atoms with E-state index in [0.717, 1.165) is 36.4 Å². The summed E-state index contributed by atoms with van der Waals surface area (Å²) in [7, 11) is 0. The molecule has 2 aliphatic heterocycles. The summed E-state index contributed by atoms with van der Waals surface area (Å²) in [5, 5.41) is 11.1. The van der Waals surface area contributed by atoms with E-state index in [1.54, 1.807) is 12.1 Å². The lowest BCUT2D eigenvalue weighted by atomic mass is 9.75. The van der Waals surface area contributed by atoms with Crippen LogP contribution in [0.25, 0.3) is 0 Å². The molecule has 4 rings (SSSR count). The monoisotopic (exact) mass is 371 g/mol. The molecule has 4 nitrogen and oxygen atoms in total. The highest BCUT2D eigenvalue weighted by atomic mass is 19.1. The van der Waals surface area contributed by atoms with Crippen LogP contribution in [0.2, 0.25) is 0 Å². The van der Waals surface area contributed by atoms with E-state index >= 15 is 0 Å². The maximum Gasteiger partial charge on any atom is 0.187 e. The van der Waals surface area contributed by atoms with E-state index in [9.17, 15) is 9.50 Å². The van der Waals surface area contributed by atoms with Crippen LogP contribution in [0.4, 0.5) is 4.39 Å². The Labute approximate surface area is 159 Å². The van der Waals surface area contributed by atoms with Crippen molar-refractivity contribution in [3.8, 4) is 11.5 Å². The Morgan fingerprint density at radius 2 is 1.81 bits per heavy atom. The molecule has 2 heterocycles. The van der Waals surface area contributed by atoms with E-state index < -0.39 is 5.60 Å². The molecular formula is C22H26FNO3. The van der Waals surface area contributed by atoms with E-state index in [-0.39, 0.29) is 24.0 Å². The first-order chi connectivity index (χ1) is 12.9. The van der Waals surface area contributed by atoms with Crippen LogP contribution in [-0.2, 0) is 5.60 Å². The molecule has 144 valence electrons. The van der Waals surface area contributed by atoms with Gasteiger partial charge < -0.3 is 14.6 Å². The molecule has 0 spiro atoms. The van der Waals surface area contributed by atoms with E-state index in [2.05, 4.69) is 11.8 Å². The molecule has 4 unspecified atom stereocenters. The van der Waals surface area contributed by atoms with Gasteiger partial charge in [0.1, 0.15) is 12.4 Å². The first-order valence-electron chi connectivity index (χ1n) is 9.58. The van der Waals surface area contributed by atoms with Gasteiger partial charge in [0.15, 0.2) is 17.7 Å². The van der Waals surface area contributed by atoms with Gasteiger partial charge in [-0.3, -0.25) is 4.90 Å². The van der Waals surface area contributed by atoms with Gasteiger partial charge in [-0.05, 0) is 62.4 Å². The minimum Gasteiger partial charge on any atom is -0.484 e. The number of nitrogens with zero attached hydrogens (tertiary/aromatic N) is 1. The standard InChI is InChI=1S/C22H26FNO3/c1-15-13-17(22(2,25)16-7-9-18(23)10-8-16)11-12-24(15)21-14-26-19-5-3-4-6-20(19)27-21/h3-10,15,17,21,25H,11-14H2,1-2H3. The maximum absolute atomic E-state index is 13.2. The van der Waals surface area contributed by atoms with Gasteiger partial charge in [-0.15, -0.1) is 0 Å². The number of benzene rings is 2. The van der Waals surface area contributed by atoms with E-state index in [1.165, 1.54) is 12.1 Å². The second-order valence-corrected chi connectivity index (χ2v) is 7.79. The highest BCUT2D eigenvalue weighted by molar-refractivity contribution is 5.40. The number of hydrogen-bond donors (Lipinski definition) is 1. The molecule has 2 aromatic rings. The van der Waals surface area contributed by atoms with Crippen LogP contribution in [-0.4, -0.2) is 35.4 Å². The third-order valence-electron chi connectivity index (χ3n) is 6.01. The molecule has 5 heteroatoms. The Kier molecular flexibility index (Phi) is 4.82. The van der Waals surface area contributed by atoms with Crippen LogP contribution < -0.4 is 9.47 Å². The maximum atomic E-state index is 13.2. The molecule has 27 heavy (non-hydrogen) atoms. The van der Waals surface area contributed by atoms with Gasteiger partial charge in [0, 0.05) is 12.6 Å². The first-order valence-corrected chi connectivity index (χ1v) is 9.58.